The molecule has 0 saturated carbocycles. The van der Waals surface area contributed by atoms with Crippen LogP contribution < -0.4 is 4.72 Å². The van der Waals surface area contributed by atoms with Gasteiger partial charge in [0.25, 0.3) is 0 Å². The molecule has 0 amide bonds. The van der Waals surface area contributed by atoms with Crippen LogP contribution in [-0.2, 0) is 16.6 Å². The largest absolute Gasteiger partial charge is 0.390 e. The van der Waals surface area contributed by atoms with Crippen molar-refractivity contribution < 1.29 is 13.5 Å². The molecule has 7 heteroatoms. The zero-order valence-electron chi connectivity index (χ0n) is 12.8. The Hall–Kier alpha value is -0.890. The van der Waals surface area contributed by atoms with Crippen LogP contribution in [0.4, 0.5) is 0 Å². The first-order valence-electron chi connectivity index (χ1n) is 6.66. The van der Waals surface area contributed by atoms with E-state index in [0.717, 1.165) is 0 Å². The molecule has 0 aromatic carbocycles. The van der Waals surface area contributed by atoms with Gasteiger partial charge in [-0.05, 0) is 40.9 Å². The van der Waals surface area contributed by atoms with Crippen LogP contribution in [0.5, 0.6) is 0 Å². The van der Waals surface area contributed by atoms with Gasteiger partial charge in [-0.15, -0.1) is 0 Å². The third-order valence-corrected chi connectivity index (χ3v) is 4.49. The van der Waals surface area contributed by atoms with Crippen molar-refractivity contribution in [3.8, 4) is 0 Å². The van der Waals surface area contributed by atoms with Gasteiger partial charge in [0.15, 0.2) is 0 Å². The van der Waals surface area contributed by atoms with E-state index in [0.29, 0.717) is 12.2 Å². The van der Waals surface area contributed by atoms with Crippen molar-refractivity contribution in [2.24, 2.45) is 0 Å². The third-order valence-electron chi connectivity index (χ3n) is 2.93. The normalized spacial score (nSPS) is 14.2. The number of aromatic nitrogens is 1. The van der Waals surface area contributed by atoms with Gasteiger partial charge < -0.3 is 14.6 Å². The van der Waals surface area contributed by atoms with Gasteiger partial charge in [0.1, 0.15) is 0 Å². The first-order valence-corrected chi connectivity index (χ1v) is 8.14. The van der Waals surface area contributed by atoms with Crippen LogP contribution in [0.1, 0.15) is 32.5 Å². The number of rotatable bonds is 7. The number of aliphatic hydroxyl groups excluding tert-OH is 1. The molecule has 0 aliphatic carbocycles. The molecule has 1 atom stereocenters. The van der Waals surface area contributed by atoms with Crippen LogP contribution in [0, 0.1) is 0 Å². The molecule has 0 saturated heterocycles. The van der Waals surface area contributed by atoms with E-state index in [4.69, 9.17) is 0 Å². The highest BCUT2D eigenvalue weighted by atomic mass is 32.2. The fourth-order valence-electron chi connectivity index (χ4n) is 2.17. The molecule has 0 radical (unpaired) electrons. The first-order chi connectivity index (χ1) is 9.17. The van der Waals surface area contributed by atoms with E-state index < -0.39 is 10.0 Å². The van der Waals surface area contributed by atoms with Gasteiger partial charge in [-0.2, -0.15) is 0 Å². The Morgan fingerprint density at radius 1 is 1.35 bits per heavy atom. The van der Waals surface area contributed by atoms with E-state index in [1.54, 1.807) is 10.8 Å². The second kappa shape index (κ2) is 6.71. The molecule has 116 valence electrons. The number of sulfonamides is 1. The Morgan fingerprint density at radius 3 is 2.35 bits per heavy atom. The maximum Gasteiger partial charge on any atom is 0.242 e. The Kier molecular flexibility index (Phi) is 5.76. The monoisotopic (exact) mass is 303 g/mol. The first kappa shape index (κ1) is 17.2. The fraction of sp³-hybridized carbons (Fsp3) is 0.692. The summed E-state index contributed by atoms with van der Waals surface area (Å²) in [5.74, 6) is 0. The lowest BCUT2D eigenvalue weighted by molar-refractivity contribution is 0.268. The summed E-state index contributed by atoms with van der Waals surface area (Å²) in [7, 11) is 0.226. The second-order valence-corrected chi connectivity index (χ2v) is 7.32. The average molecular weight is 303 g/mol. The van der Waals surface area contributed by atoms with Crippen LogP contribution in [-0.4, -0.2) is 49.7 Å². The summed E-state index contributed by atoms with van der Waals surface area (Å²) >= 11 is 0. The minimum atomic E-state index is -3.56. The number of hydrogen-bond donors (Lipinski definition) is 2. The van der Waals surface area contributed by atoms with Crippen molar-refractivity contribution in [3.05, 3.63) is 18.0 Å². The molecule has 0 aliphatic heterocycles. The molecule has 1 unspecified atom stereocenters. The zero-order chi connectivity index (χ0) is 15.5. The maximum absolute atomic E-state index is 12.3. The van der Waals surface area contributed by atoms with Crippen LogP contribution in [0.15, 0.2) is 17.2 Å². The van der Waals surface area contributed by atoms with E-state index in [-0.39, 0.29) is 23.6 Å². The van der Waals surface area contributed by atoms with E-state index in [1.165, 1.54) is 6.07 Å². The van der Waals surface area contributed by atoms with E-state index >= 15 is 0 Å². The van der Waals surface area contributed by atoms with E-state index in [9.17, 15) is 13.5 Å². The highest BCUT2D eigenvalue weighted by Crippen LogP contribution is 2.19. The molecule has 1 aromatic rings. The van der Waals surface area contributed by atoms with Crippen molar-refractivity contribution in [1.82, 2.24) is 14.2 Å². The van der Waals surface area contributed by atoms with Crippen LogP contribution in [0.2, 0.25) is 0 Å². The van der Waals surface area contributed by atoms with Crippen LogP contribution in [0.3, 0.4) is 0 Å². The summed E-state index contributed by atoms with van der Waals surface area (Å²) in [6, 6.07) is 1.43. The van der Waals surface area contributed by atoms with Gasteiger partial charge in [-0.3, -0.25) is 0 Å². The highest BCUT2D eigenvalue weighted by Gasteiger charge is 2.21. The lowest BCUT2D eigenvalue weighted by Crippen LogP contribution is -2.39. The minimum Gasteiger partial charge on any atom is -0.390 e. The topological polar surface area (TPSA) is 74.6 Å². The zero-order valence-corrected chi connectivity index (χ0v) is 13.6. The summed E-state index contributed by atoms with van der Waals surface area (Å²) in [6.45, 7) is 6.15. The summed E-state index contributed by atoms with van der Waals surface area (Å²) in [4.78, 5) is 2.12. The summed E-state index contributed by atoms with van der Waals surface area (Å²) in [5.41, 5.74) is 0.598. The van der Waals surface area contributed by atoms with Gasteiger partial charge in [0.05, 0.1) is 11.5 Å². The van der Waals surface area contributed by atoms with Crippen molar-refractivity contribution >= 4 is 10.0 Å². The Morgan fingerprint density at radius 2 is 1.95 bits per heavy atom. The quantitative estimate of drug-likeness (QED) is 0.781. The van der Waals surface area contributed by atoms with Crippen molar-refractivity contribution in [2.45, 2.75) is 44.4 Å². The molecule has 6 nitrogen and oxygen atoms in total. The fourth-order valence-corrected chi connectivity index (χ4v) is 3.45. The SMILES string of the molecule is CC(CN(C)C)NS(=O)(=O)c1cc(CO)n(C(C)C)c1. The van der Waals surface area contributed by atoms with Gasteiger partial charge in [-0.25, -0.2) is 13.1 Å². The summed E-state index contributed by atoms with van der Waals surface area (Å²) < 4.78 is 29.0. The predicted octanol–water partition coefficient (Wildman–Crippen LogP) is 0.790. The molecule has 0 bridgehead atoms. The van der Waals surface area contributed by atoms with Crippen LogP contribution >= 0.6 is 0 Å². The molecule has 1 rings (SSSR count). The number of likely N-dealkylation sites (N-methyl/N-ethyl adjacent to an activating group) is 1. The van der Waals surface area contributed by atoms with E-state index in [2.05, 4.69) is 4.72 Å². The number of nitrogens with one attached hydrogen (secondary N) is 1. The minimum absolute atomic E-state index is 0.0975. The average Bonchev–Trinajstić information content (AvgIpc) is 2.71. The van der Waals surface area contributed by atoms with Gasteiger partial charge in [-0.1, -0.05) is 0 Å². The summed E-state index contributed by atoms with van der Waals surface area (Å²) in [5, 5.41) is 9.30. The molecule has 0 spiro atoms. The number of nitrogens with zero attached hydrogens (tertiary/aromatic N) is 2. The van der Waals surface area contributed by atoms with Crippen molar-refractivity contribution in [1.29, 1.82) is 0 Å². The van der Waals surface area contributed by atoms with E-state index in [1.807, 2.05) is 39.8 Å². The molecule has 2 N–H and O–H groups in total. The Labute approximate surface area is 121 Å². The molecule has 0 fully saturated rings. The van der Waals surface area contributed by atoms with Gasteiger partial charge in [0, 0.05) is 30.5 Å². The second-order valence-electron chi connectivity index (χ2n) is 5.61. The maximum atomic E-state index is 12.3. The summed E-state index contributed by atoms with van der Waals surface area (Å²) in [6.07, 6.45) is 1.57. The predicted molar refractivity (Wildman–Crippen MR) is 79.1 cm³/mol. The highest BCUT2D eigenvalue weighted by molar-refractivity contribution is 7.89. The number of hydrogen-bond acceptors (Lipinski definition) is 4. The lowest BCUT2D eigenvalue weighted by Gasteiger charge is -2.17. The molecular formula is C13H25N3O3S. The molecule has 1 aromatic heterocycles. The smallest absolute Gasteiger partial charge is 0.242 e. The van der Waals surface area contributed by atoms with Crippen LogP contribution in [0.25, 0.3) is 0 Å². The Balaban J connectivity index is 2.98. The van der Waals surface area contributed by atoms with Crippen molar-refractivity contribution in [3.63, 3.8) is 0 Å². The number of aliphatic hydroxyl groups is 1. The third kappa shape index (κ3) is 4.31. The molecule has 20 heavy (non-hydrogen) atoms. The lowest BCUT2D eigenvalue weighted by atomic mass is 10.3. The standard InChI is InChI=1S/C13H25N3O3S/c1-10(2)16-8-13(6-12(16)9-17)20(18,19)14-11(3)7-15(4)5/h6,8,10-11,14,17H,7,9H2,1-5H3. The molecule has 1 heterocycles. The van der Waals surface area contributed by atoms with Gasteiger partial charge >= 0.3 is 0 Å². The molecular weight excluding hydrogens is 278 g/mol. The van der Waals surface area contributed by atoms with Gasteiger partial charge in [0.2, 0.25) is 10.0 Å². The molecule has 0 aliphatic rings. The Bertz CT molecular complexity index is 535. The van der Waals surface area contributed by atoms with Crippen molar-refractivity contribution in [2.75, 3.05) is 20.6 Å².